The molecule has 2 atom stereocenters. The fraction of sp³-hybridized carbons (Fsp3) is 0.600. The molecule has 2 aliphatic carbocycles. The first kappa shape index (κ1) is 16.2. The molecule has 3 heteroatoms. The van der Waals surface area contributed by atoms with Crippen molar-refractivity contribution in [3.05, 3.63) is 34.9 Å². The molecule has 0 saturated heterocycles. The Morgan fingerprint density at radius 3 is 2.57 bits per heavy atom. The van der Waals surface area contributed by atoms with Gasteiger partial charge in [0.2, 0.25) is 0 Å². The van der Waals surface area contributed by atoms with E-state index in [1.165, 1.54) is 0 Å². The lowest BCUT2D eigenvalue weighted by molar-refractivity contribution is -0.152. The standard InChI is InChI=1S/C20H26O3/c1-12(2)13-6-7-15-14(10-13)16(21)11-17-19(3,4)8-5-9-20(15,17)18(22)23/h6-7,10,12,17H,5,8-9,11H2,1-4H3,(H,22,23)/t17-,20-/m0/s1. The van der Waals surface area contributed by atoms with Gasteiger partial charge in [0.05, 0.1) is 5.41 Å². The molecule has 0 amide bonds. The zero-order valence-corrected chi connectivity index (χ0v) is 14.5. The van der Waals surface area contributed by atoms with Crippen molar-refractivity contribution < 1.29 is 14.7 Å². The summed E-state index contributed by atoms with van der Waals surface area (Å²) in [6.45, 7) is 8.42. The Morgan fingerprint density at radius 2 is 1.96 bits per heavy atom. The average Bonchev–Trinajstić information content (AvgIpc) is 2.47. The minimum absolute atomic E-state index is 0.111. The van der Waals surface area contributed by atoms with Crippen molar-refractivity contribution in [1.29, 1.82) is 0 Å². The number of hydrogen-bond donors (Lipinski definition) is 1. The topological polar surface area (TPSA) is 54.4 Å². The summed E-state index contributed by atoms with van der Waals surface area (Å²) in [5.74, 6) is -0.443. The Bertz CT molecular complexity index is 671. The van der Waals surface area contributed by atoms with E-state index < -0.39 is 11.4 Å². The predicted molar refractivity (Wildman–Crippen MR) is 89.9 cm³/mol. The molecular formula is C20H26O3. The van der Waals surface area contributed by atoms with E-state index in [2.05, 4.69) is 27.7 Å². The average molecular weight is 314 g/mol. The first-order valence-corrected chi connectivity index (χ1v) is 8.61. The highest BCUT2D eigenvalue weighted by atomic mass is 16.4. The Balaban J connectivity index is 2.25. The molecule has 3 nitrogen and oxygen atoms in total. The van der Waals surface area contributed by atoms with E-state index in [4.69, 9.17) is 0 Å². The largest absolute Gasteiger partial charge is 0.481 e. The van der Waals surface area contributed by atoms with Crippen LogP contribution in [-0.2, 0) is 10.2 Å². The first-order valence-electron chi connectivity index (χ1n) is 8.61. The van der Waals surface area contributed by atoms with Gasteiger partial charge in [-0.05, 0) is 47.3 Å². The smallest absolute Gasteiger partial charge is 0.314 e. The molecule has 2 aliphatic rings. The maximum Gasteiger partial charge on any atom is 0.314 e. The molecule has 0 unspecified atom stereocenters. The molecule has 1 aromatic rings. The third-order valence-electron chi connectivity index (χ3n) is 6.19. The fourth-order valence-corrected chi connectivity index (χ4v) is 4.82. The summed E-state index contributed by atoms with van der Waals surface area (Å²) in [4.78, 5) is 25.2. The minimum Gasteiger partial charge on any atom is -0.481 e. The van der Waals surface area contributed by atoms with Gasteiger partial charge in [0, 0.05) is 12.0 Å². The summed E-state index contributed by atoms with van der Waals surface area (Å²) in [6.07, 6.45) is 2.88. The second-order valence-corrected chi connectivity index (χ2v) is 8.26. The summed E-state index contributed by atoms with van der Waals surface area (Å²) in [5.41, 5.74) is 1.48. The van der Waals surface area contributed by atoms with Crippen molar-refractivity contribution in [2.24, 2.45) is 11.3 Å². The van der Waals surface area contributed by atoms with Crippen molar-refractivity contribution >= 4 is 11.8 Å². The molecule has 23 heavy (non-hydrogen) atoms. The summed E-state index contributed by atoms with van der Waals surface area (Å²) >= 11 is 0. The molecule has 1 saturated carbocycles. The van der Waals surface area contributed by atoms with Crippen LogP contribution in [0.4, 0.5) is 0 Å². The second-order valence-electron chi connectivity index (χ2n) is 8.26. The molecule has 124 valence electrons. The molecular weight excluding hydrogens is 288 g/mol. The number of carboxylic acid groups (broad SMARTS) is 1. The van der Waals surface area contributed by atoms with Crippen LogP contribution in [0.15, 0.2) is 18.2 Å². The molecule has 0 aliphatic heterocycles. The normalized spacial score (nSPS) is 29.1. The number of aliphatic carboxylic acids is 1. The van der Waals surface area contributed by atoms with Gasteiger partial charge in [-0.15, -0.1) is 0 Å². The van der Waals surface area contributed by atoms with Crippen LogP contribution in [0, 0.1) is 11.3 Å². The van der Waals surface area contributed by atoms with E-state index in [0.29, 0.717) is 24.3 Å². The summed E-state index contributed by atoms with van der Waals surface area (Å²) in [5, 5.41) is 10.2. The Hall–Kier alpha value is -1.64. The van der Waals surface area contributed by atoms with Gasteiger partial charge in [-0.2, -0.15) is 0 Å². The van der Waals surface area contributed by atoms with E-state index in [1.807, 2.05) is 18.2 Å². The number of ketones is 1. The van der Waals surface area contributed by atoms with E-state index in [0.717, 1.165) is 24.0 Å². The van der Waals surface area contributed by atoms with Gasteiger partial charge in [0.1, 0.15) is 0 Å². The summed E-state index contributed by atoms with van der Waals surface area (Å²) in [7, 11) is 0. The highest BCUT2D eigenvalue weighted by Crippen LogP contribution is 2.57. The van der Waals surface area contributed by atoms with Crippen molar-refractivity contribution in [3.8, 4) is 0 Å². The minimum atomic E-state index is -0.902. The molecule has 1 aromatic carbocycles. The van der Waals surface area contributed by atoms with Crippen LogP contribution < -0.4 is 0 Å². The van der Waals surface area contributed by atoms with Crippen LogP contribution in [0.25, 0.3) is 0 Å². The van der Waals surface area contributed by atoms with Crippen LogP contribution in [0.5, 0.6) is 0 Å². The lowest BCUT2D eigenvalue weighted by atomic mass is 9.49. The molecule has 0 aromatic heterocycles. The van der Waals surface area contributed by atoms with Crippen molar-refractivity contribution in [1.82, 2.24) is 0 Å². The van der Waals surface area contributed by atoms with Gasteiger partial charge in [0.15, 0.2) is 5.78 Å². The van der Waals surface area contributed by atoms with Crippen LogP contribution in [0.2, 0.25) is 0 Å². The van der Waals surface area contributed by atoms with E-state index in [-0.39, 0.29) is 17.1 Å². The van der Waals surface area contributed by atoms with E-state index in [9.17, 15) is 14.7 Å². The SMILES string of the molecule is CC(C)c1ccc2c(c1)C(=O)C[C@H]1C(C)(C)CCC[C@]21C(=O)O. The van der Waals surface area contributed by atoms with Crippen molar-refractivity contribution in [2.75, 3.05) is 0 Å². The molecule has 0 bridgehead atoms. The number of hydrogen-bond acceptors (Lipinski definition) is 2. The number of carboxylic acids is 1. The molecule has 0 heterocycles. The zero-order valence-electron chi connectivity index (χ0n) is 14.5. The molecule has 3 rings (SSSR count). The number of carbonyl (C=O) groups is 2. The second kappa shape index (κ2) is 5.19. The zero-order chi connectivity index (χ0) is 17.0. The molecule has 1 N–H and O–H groups in total. The van der Waals surface area contributed by atoms with Gasteiger partial charge in [-0.25, -0.2) is 0 Å². The van der Waals surface area contributed by atoms with Crippen LogP contribution >= 0.6 is 0 Å². The Kier molecular flexibility index (Phi) is 3.66. The van der Waals surface area contributed by atoms with Gasteiger partial charge < -0.3 is 5.11 Å². The molecule has 0 radical (unpaired) electrons. The summed E-state index contributed by atoms with van der Waals surface area (Å²) in [6, 6.07) is 5.86. The number of benzene rings is 1. The van der Waals surface area contributed by atoms with Crippen LogP contribution in [0.1, 0.15) is 80.8 Å². The van der Waals surface area contributed by atoms with Crippen LogP contribution in [-0.4, -0.2) is 16.9 Å². The number of carbonyl (C=O) groups excluding carboxylic acids is 1. The van der Waals surface area contributed by atoms with Gasteiger partial charge in [-0.3, -0.25) is 9.59 Å². The van der Waals surface area contributed by atoms with Gasteiger partial charge >= 0.3 is 5.97 Å². The van der Waals surface area contributed by atoms with Crippen molar-refractivity contribution in [3.63, 3.8) is 0 Å². The Morgan fingerprint density at radius 1 is 1.26 bits per heavy atom. The van der Waals surface area contributed by atoms with Gasteiger partial charge in [-0.1, -0.05) is 46.2 Å². The molecule has 0 spiro atoms. The Labute approximate surface area is 138 Å². The lowest BCUT2D eigenvalue weighted by Crippen LogP contribution is -2.55. The fourth-order valence-electron chi connectivity index (χ4n) is 4.82. The quantitative estimate of drug-likeness (QED) is 0.871. The maximum atomic E-state index is 12.8. The third kappa shape index (κ3) is 2.24. The highest BCUT2D eigenvalue weighted by Gasteiger charge is 2.58. The third-order valence-corrected chi connectivity index (χ3v) is 6.19. The van der Waals surface area contributed by atoms with Gasteiger partial charge in [0.25, 0.3) is 0 Å². The highest BCUT2D eigenvalue weighted by molar-refractivity contribution is 6.03. The summed E-state index contributed by atoms with van der Waals surface area (Å²) < 4.78 is 0. The van der Waals surface area contributed by atoms with Crippen molar-refractivity contribution in [2.45, 2.75) is 64.7 Å². The number of fused-ring (bicyclic) bond motifs is 3. The number of rotatable bonds is 2. The first-order chi connectivity index (χ1) is 10.7. The number of Topliss-reactive ketones (excluding diaryl/α,β-unsaturated/α-hetero) is 1. The lowest BCUT2D eigenvalue weighted by Gasteiger charge is -2.52. The maximum absolute atomic E-state index is 12.8. The predicted octanol–water partition coefficient (Wildman–Crippen LogP) is 4.55. The van der Waals surface area contributed by atoms with E-state index >= 15 is 0 Å². The monoisotopic (exact) mass is 314 g/mol. The van der Waals surface area contributed by atoms with Crippen LogP contribution in [0.3, 0.4) is 0 Å². The van der Waals surface area contributed by atoms with E-state index in [1.54, 1.807) is 0 Å². The molecule has 1 fully saturated rings.